The Balaban J connectivity index is 2.02. The first-order chi connectivity index (χ1) is 8.02. The fourth-order valence-electron chi connectivity index (χ4n) is 2.48. The van der Waals surface area contributed by atoms with Crippen molar-refractivity contribution in [1.82, 2.24) is 9.13 Å². The van der Waals surface area contributed by atoms with Crippen molar-refractivity contribution >= 4 is 0 Å². The smallest absolute Gasteiger partial charge is 0.299 e. The van der Waals surface area contributed by atoms with E-state index < -0.39 is 5.92 Å². The van der Waals surface area contributed by atoms with E-state index in [-0.39, 0.29) is 24.4 Å². The first-order valence-electron chi connectivity index (χ1n) is 6.15. The Morgan fingerprint density at radius 3 is 2.71 bits per heavy atom. The van der Waals surface area contributed by atoms with E-state index in [1.54, 1.807) is 21.5 Å². The highest BCUT2D eigenvalue weighted by Crippen LogP contribution is 2.39. The van der Waals surface area contributed by atoms with Gasteiger partial charge in [-0.05, 0) is 18.8 Å². The van der Waals surface area contributed by atoms with E-state index in [1.165, 1.54) is 0 Å². The fourth-order valence-corrected chi connectivity index (χ4v) is 2.48. The lowest BCUT2D eigenvalue weighted by atomic mass is 10.1. The Morgan fingerprint density at radius 2 is 2.12 bits per heavy atom. The number of nitrogens with zero attached hydrogens (tertiary/aromatic N) is 2. The SMILES string of the molecule is CCCn1ccn(CC2CCC(F)(F)C2)c1=O. The highest BCUT2D eigenvalue weighted by atomic mass is 19.3. The molecule has 17 heavy (non-hydrogen) atoms. The number of halogens is 2. The fraction of sp³-hybridized carbons (Fsp3) is 0.750. The Morgan fingerprint density at radius 1 is 1.41 bits per heavy atom. The molecule has 1 aromatic heterocycles. The van der Waals surface area contributed by atoms with Crippen molar-refractivity contribution < 1.29 is 8.78 Å². The molecule has 5 heteroatoms. The first kappa shape index (κ1) is 12.3. The third-order valence-corrected chi connectivity index (χ3v) is 3.34. The van der Waals surface area contributed by atoms with E-state index in [9.17, 15) is 13.6 Å². The number of rotatable bonds is 4. The lowest BCUT2D eigenvalue weighted by Gasteiger charge is -2.10. The van der Waals surface area contributed by atoms with Gasteiger partial charge in [-0.15, -0.1) is 0 Å². The predicted octanol–water partition coefficient (Wildman–Crippen LogP) is 2.50. The van der Waals surface area contributed by atoms with Gasteiger partial charge in [-0.3, -0.25) is 9.13 Å². The largest absolute Gasteiger partial charge is 0.328 e. The minimum absolute atomic E-state index is 0.0396. The van der Waals surface area contributed by atoms with Crippen LogP contribution >= 0.6 is 0 Å². The van der Waals surface area contributed by atoms with Crippen LogP contribution in [0.4, 0.5) is 8.78 Å². The zero-order chi connectivity index (χ0) is 12.5. The van der Waals surface area contributed by atoms with Gasteiger partial charge in [-0.25, -0.2) is 13.6 Å². The molecule has 0 amide bonds. The van der Waals surface area contributed by atoms with Gasteiger partial charge in [-0.2, -0.15) is 0 Å². The molecule has 0 bridgehead atoms. The van der Waals surface area contributed by atoms with Crippen molar-refractivity contribution in [2.45, 2.75) is 51.6 Å². The molecule has 0 N–H and O–H groups in total. The van der Waals surface area contributed by atoms with Crippen LogP contribution in [-0.2, 0) is 13.1 Å². The summed E-state index contributed by atoms with van der Waals surface area (Å²) in [6.45, 7) is 3.11. The van der Waals surface area contributed by atoms with Crippen molar-refractivity contribution in [3.8, 4) is 0 Å². The van der Waals surface area contributed by atoms with Gasteiger partial charge in [0.15, 0.2) is 0 Å². The van der Waals surface area contributed by atoms with Gasteiger partial charge in [0, 0.05) is 38.3 Å². The number of alkyl halides is 2. The molecule has 1 atom stereocenters. The van der Waals surface area contributed by atoms with E-state index in [1.807, 2.05) is 6.92 Å². The summed E-state index contributed by atoms with van der Waals surface area (Å²) < 4.78 is 29.3. The summed E-state index contributed by atoms with van der Waals surface area (Å²) in [6, 6.07) is 0. The minimum atomic E-state index is -2.53. The maximum absolute atomic E-state index is 13.0. The molecule has 0 aromatic carbocycles. The third-order valence-electron chi connectivity index (χ3n) is 3.34. The molecule has 1 unspecified atom stereocenters. The molecule has 0 saturated heterocycles. The average molecular weight is 244 g/mol. The van der Waals surface area contributed by atoms with Gasteiger partial charge in [-0.1, -0.05) is 6.92 Å². The number of aromatic nitrogens is 2. The number of imidazole rings is 1. The van der Waals surface area contributed by atoms with Crippen LogP contribution in [0.5, 0.6) is 0 Å². The maximum atomic E-state index is 13.0. The van der Waals surface area contributed by atoms with Gasteiger partial charge in [0.25, 0.3) is 0 Å². The second kappa shape index (κ2) is 4.63. The summed E-state index contributed by atoms with van der Waals surface area (Å²) in [6.07, 6.45) is 4.72. The first-order valence-corrected chi connectivity index (χ1v) is 6.15. The molecule has 1 saturated carbocycles. The summed E-state index contributed by atoms with van der Waals surface area (Å²) in [7, 11) is 0. The van der Waals surface area contributed by atoms with Gasteiger partial charge >= 0.3 is 5.69 Å². The van der Waals surface area contributed by atoms with E-state index in [2.05, 4.69) is 0 Å². The quantitative estimate of drug-likeness (QED) is 0.799. The molecule has 0 spiro atoms. The van der Waals surface area contributed by atoms with Crippen LogP contribution in [-0.4, -0.2) is 15.1 Å². The van der Waals surface area contributed by atoms with Crippen molar-refractivity contribution in [2.75, 3.05) is 0 Å². The minimum Gasteiger partial charge on any atom is -0.299 e. The van der Waals surface area contributed by atoms with Gasteiger partial charge in [0.05, 0.1) is 0 Å². The van der Waals surface area contributed by atoms with Crippen LogP contribution in [0.3, 0.4) is 0 Å². The lowest BCUT2D eigenvalue weighted by molar-refractivity contribution is 0.00432. The zero-order valence-electron chi connectivity index (χ0n) is 10.0. The van der Waals surface area contributed by atoms with Crippen molar-refractivity contribution in [2.24, 2.45) is 5.92 Å². The van der Waals surface area contributed by atoms with Crippen molar-refractivity contribution in [1.29, 1.82) is 0 Å². The van der Waals surface area contributed by atoms with Crippen LogP contribution < -0.4 is 5.69 Å². The molecular formula is C12H18F2N2O. The lowest BCUT2D eigenvalue weighted by Crippen LogP contribution is -2.26. The Labute approximate surface area is 99.1 Å². The molecule has 3 nitrogen and oxygen atoms in total. The summed E-state index contributed by atoms with van der Waals surface area (Å²) >= 11 is 0. The number of aryl methyl sites for hydroxylation is 1. The molecule has 1 fully saturated rings. The van der Waals surface area contributed by atoms with Gasteiger partial charge in [0.1, 0.15) is 0 Å². The highest BCUT2D eigenvalue weighted by Gasteiger charge is 2.39. The average Bonchev–Trinajstić information content (AvgIpc) is 2.76. The molecular weight excluding hydrogens is 226 g/mol. The molecule has 0 radical (unpaired) electrons. The van der Waals surface area contributed by atoms with E-state index in [0.717, 1.165) is 6.42 Å². The standard InChI is InChI=1S/C12H18F2N2O/c1-2-5-15-6-7-16(11(15)17)9-10-3-4-12(13,14)8-10/h6-7,10H,2-5,8-9H2,1H3. The van der Waals surface area contributed by atoms with Crippen molar-refractivity contribution in [3.05, 3.63) is 22.9 Å². The van der Waals surface area contributed by atoms with Gasteiger partial charge < -0.3 is 0 Å². The maximum Gasteiger partial charge on any atom is 0.328 e. The van der Waals surface area contributed by atoms with Crippen LogP contribution in [0.1, 0.15) is 32.6 Å². The molecule has 1 aliphatic carbocycles. The van der Waals surface area contributed by atoms with Crippen LogP contribution in [0.25, 0.3) is 0 Å². The predicted molar refractivity (Wildman–Crippen MR) is 61.3 cm³/mol. The molecule has 2 rings (SSSR count). The van der Waals surface area contributed by atoms with Crippen molar-refractivity contribution in [3.63, 3.8) is 0 Å². The normalized spacial score (nSPS) is 23.1. The summed E-state index contributed by atoms with van der Waals surface area (Å²) in [5, 5.41) is 0. The number of hydrogen-bond acceptors (Lipinski definition) is 1. The second-order valence-electron chi connectivity index (χ2n) is 4.89. The van der Waals surface area contributed by atoms with E-state index in [4.69, 9.17) is 0 Å². The molecule has 96 valence electrons. The Hall–Kier alpha value is -1.13. The molecule has 1 aliphatic rings. The van der Waals surface area contributed by atoms with Crippen LogP contribution in [0, 0.1) is 5.92 Å². The van der Waals surface area contributed by atoms with E-state index >= 15 is 0 Å². The van der Waals surface area contributed by atoms with Crippen LogP contribution in [0.15, 0.2) is 17.2 Å². The Kier molecular flexibility index (Phi) is 3.35. The topological polar surface area (TPSA) is 26.9 Å². The second-order valence-corrected chi connectivity index (χ2v) is 4.89. The zero-order valence-corrected chi connectivity index (χ0v) is 10.0. The summed E-state index contributed by atoms with van der Waals surface area (Å²) in [4.78, 5) is 11.8. The monoisotopic (exact) mass is 244 g/mol. The molecule has 1 heterocycles. The number of hydrogen-bond donors (Lipinski definition) is 0. The highest BCUT2D eigenvalue weighted by molar-refractivity contribution is 4.86. The summed E-state index contributed by atoms with van der Waals surface area (Å²) in [5.41, 5.74) is -0.0814. The third kappa shape index (κ3) is 2.76. The molecule has 1 aromatic rings. The van der Waals surface area contributed by atoms with E-state index in [0.29, 0.717) is 19.5 Å². The Bertz CT molecular complexity index is 436. The van der Waals surface area contributed by atoms with Gasteiger partial charge in [0.2, 0.25) is 5.92 Å². The summed E-state index contributed by atoms with van der Waals surface area (Å²) in [5.74, 6) is -2.60. The van der Waals surface area contributed by atoms with Crippen LogP contribution in [0.2, 0.25) is 0 Å². The molecule has 0 aliphatic heterocycles.